The average molecular weight is 257 g/mol. The fraction of sp³-hybridized carbons (Fsp3) is 0.588. The van der Waals surface area contributed by atoms with E-state index < -0.39 is 0 Å². The van der Waals surface area contributed by atoms with E-state index in [4.69, 9.17) is 0 Å². The Labute approximate surface area is 115 Å². The fourth-order valence-corrected chi connectivity index (χ4v) is 3.71. The monoisotopic (exact) mass is 257 g/mol. The van der Waals surface area contributed by atoms with Gasteiger partial charge in [-0.15, -0.1) is 0 Å². The van der Waals surface area contributed by atoms with Gasteiger partial charge in [0.15, 0.2) is 0 Å². The third-order valence-corrected chi connectivity index (χ3v) is 5.26. The highest BCUT2D eigenvalue weighted by atomic mass is 16.1. The first-order valence-corrected chi connectivity index (χ1v) is 7.50. The molecule has 3 heterocycles. The highest BCUT2D eigenvalue weighted by Crippen LogP contribution is 2.42. The molecule has 3 saturated heterocycles. The Balaban J connectivity index is 1.80. The second-order valence-corrected chi connectivity index (χ2v) is 6.30. The van der Waals surface area contributed by atoms with Crippen molar-refractivity contribution in [2.45, 2.75) is 43.9 Å². The van der Waals surface area contributed by atoms with E-state index in [1.54, 1.807) is 0 Å². The Morgan fingerprint density at radius 2 is 1.74 bits per heavy atom. The summed E-state index contributed by atoms with van der Waals surface area (Å²) in [5, 5.41) is 0. The number of carbonyl (C=O) groups is 1. The van der Waals surface area contributed by atoms with Gasteiger partial charge in [0, 0.05) is 6.42 Å². The zero-order valence-electron chi connectivity index (χ0n) is 11.8. The lowest BCUT2D eigenvalue weighted by Crippen LogP contribution is -2.50. The quantitative estimate of drug-likeness (QED) is 0.772. The van der Waals surface area contributed by atoms with Gasteiger partial charge in [0.25, 0.3) is 0 Å². The van der Waals surface area contributed by atoms with Crippen LogP contribution in [0.5, 0.6) is 0 Å². The number of piperidine rings is 3. The summed E-state index contributed by atoms with van der Waals surface area (Å²) in [5.41, 5.74) is 3.26. The summed E-state index contributed by atoms with van der Waals surface area (Å²) in [6.07, 6.45) is 5.59. The molecule has 0 N–H and O–H groups in total. The summed E-state index contributed by atoms with van der Waals surface area (Å²) in [6.45, 7) is 5.93. The van der Waals surface area contributed by atoms with Gasteiger partial charge in [-0.1, -0.05) is 31.2 Å². The number of rotatable bonds is 4. The van der Waals surface area contributed by atoms with Gasteiger partial charge < -0.3 is 9.69 Å². The predicted molar refractivity (Wildman–Crippen MR) is 77.5 cm³/mol. The van der Waals surface area contributed by atoms with Crippen LogP contribution in [-0.2, 0) is 10.2 Å². The molecule has 1 unspecified atom stereocenters. The lowest BCUT2D eigenvalue weighted by atomic mass is 9.67. The Bertz CT molecular complexity index is 429. The predicted octanol–water partition coefficient (Wildman–Crippen LogP) is 3.12. The van der Waals surface area contributed by atoms with Crippen molar-refractivity contribution in [2.75, 3.05) is 19.6 Å². The lowest BCUT2D eigenvalue weighted by Gasteiger charge is -2.49. The average Bonchev–Trinajstić information content (AvgIpc) is 2.49. The number of hydrogen-bond acceptors (Lipinski definition) is 2. The maximum atomic E-state index is 10.6. The summed E-state index contributed by atoms with van der Waals surface area (Å²) < 4.78 is 0. The van der Waals surface area contributed by atoms with E-state index in [2.05, 4.69) is 36.1 Å². The van der Waals surface area contributed by atoms with Gasteiger partial charge in [-0.25, -0.2) is 0 Å². The molecule has 1 aromatic rings. The summed E-state index contributed by atoms with van der Waals surface area (Å²) in [7, 11) is 0. The molecular weight excluding hydrogens is 234 g/mol. The molecule has 3 fully saturated rings. The summed E-state index contributed by atoms with van der Waals surface area (Å²) in [6, 6.07) is 9.10. The van der Waals surface area contributed by atoms with Crippen LogP contribution in [0.3, 0.4) is 0 Å². The number of nitrogens with zero attached hydrogens (tertiary/aromatic N) is 1. The molecule has 102 valence electrons. The molecule has 4 rings (SSSR count). The summed E-state index contributed by atoms with van der Waals surface area (Å²) in [5.74, 6) is 0.345. The molecule has 0 saturated carbocycles. The SMILES string of the molecule is CC(CC=O)c1ccc(C23CCN(CC2)CC3)cc1. The van der Waals surface area contributed by atoms with E-state index in [9.17, 15) is 4.79 Å². The smallest absolute Gasteiger partial charge is 0.120 e. The van der Waals surface area contributed by atoms with E-state index in [1.807, 2.05) is 0 Å². The molecule has 0 radical (unpaired) electrons. The van der Waals surface area contributed by atoms with Crippen LogP contribution in [0.1, 0.15) is 49.7 Å². The second-order valence-electron chi connectivity index (χ2n) is 6.30. The molecule has 2 heteroatoms. The molecule has 0 spiro atoms. The van der Waals surface area contributed by atoms with E-state index in [1.165, 1.54) is 50.0 Å². The third-order valence-electron chi connectivity index (χ3n) is 5.26. The minimum absolute atomic E-state index is 0.345. The number of carbonyl (C=O) groups excluding carboxylic acids is 1. The topological polar surface area (TPSA) is 20.3 Å². The minimum atomic E-state index is 0.345. The molecular formula is C17H23NO. The number of fused-ring (bicyclic) bond motifs is 3. The van der Waals surface area contributed by atoms with Gasteiger partial charge in [-0.2, -0.15) is 0 Å². The Hall–Kier alpha value is -1.15. The third kappa shape index (κ3) is 2.34. The summed E-state index contributed by atoms with van der Waals surface area (Å²) >= 11 is 0. The van der Waals surface area contributed by atoms with Gasteiger partial charge in [0.1, 0.15) is 6.29 Å². The standard InChI is InChI=1S/C17H23NO/c1-14(6-13-19)15-2-4-16(5-3-15)17-7-10-18(11-8-17)12-9-17/h2-5,13-14H,6-12H2,1H3. The molecule has 1 atom stereocenters. The van der Waals surface area contributed by atoms with Crippen molar-refractivity contribution in [2.24, 2.45) is 0 Å². The maximum absolute atomic E-state index is 10.6. The van der Waals surface area contributed by atoms with Gasteiger partial charge in [0.2, 0.25) is 0 Å². The molecule has 0 aliphatic carbocycles. The van der Waals surface area contributed by atoms with E-state index >= 15 is 0 Å². The van der Waals surface area contributed by atoms with Crippen molar-refractivity contribution >= 4 is 6.29 Å². The molecule has 0 aromatic heterocycles. The number of hydrogen-bond donors (Lipinski definition) is 0. The van der Waals surface area contributed by atoms with E-state index in [0.29, 0.717) is 17.8 Å². The Kier molecular flexibility index (Phi) is 3.44. The van der Waals surface area contributed by atoms with Crippen LogP contribution in [0.15, 0.2) is 24.3 Å². The summed E-state index contributed by atoms with van der Waals surface area (Å²) in [4.78, 5) is 13.2. The van der Waals surface area contributed by atoms with Crippen molar-refractivity contribution < 1.29 is 4.79 Å². The van der Waals surface area contributed by atoms with Crippen LogP contribution in [0.25, 0.3) is 0 Å². The van der Waals surface area contributed by atoms with Crippen molar-refractivity contribution in [3.8, 4) is 0 Å². The number of aldehydes is 1. The second kappa shape index (κ2) is 5.09. The van der Waals surface area contributed by atoms with Crippen molar-refractivity contribution in [1.29, 1.82) is 0 Å². The van der Waals surface area contributed by atoms with Crippen LogP contribution >= 0.6 is 0 Å². The molecule has 2 nitrogen and oxygen atoms in total. The molecule has 1 aromatic carbocycles. The number of benzene rings is 1. The van der Waals surface area contributed by atoms with E-state index in [0.717, 1.165) is 6.29 Å². The zero-order valence-corrected chi connectivity index (χ0v) is 11.8. The fourth-order valence-electron chi connectivity index (χ4n) is 3.71. The van der Waals surface area contributed by atoms with E-state index in [-0.39, 0.29) is 0 Å². The first-order chi connectivity index (χ1) is 9.23. The maximum Gasteiger partial charge on any atom is 0.120 e. The lowest BCUT2D eigenvalue weighted by molar-refractivity contribution is -0.108. The first-order valence-electron chi connectivity index (χ1n) is 7.50. The highest BCUT2D eigenvalue weighted by molar-refractivity contribution is 5.51. The molecule has 19 heavy (non-hydrogen) atoms. The van der Waals surface area contributed by atoms with Crippen LogP contribution in [0, 0.1) is 0 Å². The van der Waals surface area contributed by atoms with Crippen LogP contribution < -0.4 is 0 Å². The van der Waals surface area contributed by atoms with Crippen LogP contribution in [-0.4, -0.2) is 30.8 Å². The Morgan fingerprint density at radius 1 is 1.16 bits per heavy atom. The van der Waals surface area contributed by atoms with Crippen LogP contribution in [0.2, 0.25) is 0 Å². The molecule has 3 aliphatic rings. The van der Waals surface area contributed by atoms with Gasteiger partial charge >= 0.3 is 0 Å². The van der Waals surface area contributed by atoms with Crippen LogP contribution in [0.4, 0.5) is 0 Å². The largest absolute Gasteiger partial charge is 0.303 e. The Morgan fingerprint density at radius 3 is 2.26 bits per heavy atom. The normalized spacial score (nSPS) is 31.1. The van der Waals surface area contributed by atoms with Gasteiger partial charge in [0.05, 0.1) is 0 Å². The molecule has 0 amide bonds. The van der Waals surface area contributed by atoms with Gasteiger partial charge in [-0.05, 0) is 61.4 Å². The van der Waals surface area contributed by atoms with Crippen molar-refractivity contribution in [3.63, 3.8) is 0 Å². The highest BCUT2D eigenvalue weighted by Gasteiger charge is 2.40. The molecule has 2 bridgehead atoms. The van der Waals surface area contributed by atoms with Crippen molar-refractivity contribution in [1.82, 2.24) is 4.90 Å². The molecule has 3 aliphatic heterocycles. The van der Waals surface area contributed by atoms with Gasteiger partial charge in [-0.3, -0.25) is 0 Å². The zero-order chi connectivity index (χ0) is 13.3. The minimum Gasteiger partial charge on any atom is -0.303 e. The van der Waals surface area contributed by atoms with Crippen molar-refractivity contribution in [3.05, 3.63) is 35.4 Å². The first kappa shape index (κ1) is 12.9.